The molecule has 18 heavy (non-hydrogen) atoms. The third-order valence-electron chi connectivity index (χ3n) is 3.11. The Balaban J connectivity index is 2.81. The Labute approximate surface area is 116 Å². The fraction of sp³-hybridized carbons (Fsp3) is 0.600. The van der Waals surface area contributed by atoms with Crippen molar-refractivity contribution in [3.8, 4) is 0 Å². The van der Waals surface area contributed by atoms with E-state index in [1.807, 2.05) is 6.92 Å². The Morgan fingerprint density at radius 1 is 1.33 bits per heavy atom. The van der Waals surface area contributed by atoms with Crippen LogP contribution < -0.4 is 10.6 Å². The zero-order valence-electron chi connectivity index (χ0n) is 11.7. The summed E-state index contributed by atoms with van der Waals surface area (Å²) in [7, 11) is 0. The van der Waals surface area contributed by atoms with Gasteiger partial charge < -0.3 is 10.6 Å². The number of anilines is 1. The van der Waals surface area contributed by atoms with Crippen molar-refractivity contribution in [2.45, 2.75) is 46.1 Å². The quantitative estimate of drug-likeness (QED) is 0.814. The molecule has 0 aromatic heterocycles. The highest BCUT2D eigenvalue weighted by atomic mass is 35.5. The molecular weight excluding hydrogens is 244 g/mol. The first kappa shape index (κ1) is 15.3. The first-order valence-corrected chi connectivity index (χ1v) is 7.25. The molecule has 1 rings (SSSR count). The number of hydrogen-bond acceptors (Lipinski definition) is 2. The number of nitrogens with zero attached hydrogens (tertiary/aromatic N) is 1. The SMILES string of the molecule is CCCCN(CC)c1ccc(CC(C)N)c(Cl)c1. The van der Waals surface area contributed by atoms with E-state index in [1.54, 1.807) is 0 Å². The maximum Gasteiger partial charge on any atom is 0.0459 e. The molecule has 2 N–H and O–H groups in total. The molecule has 0 saturated heterocycles. The third-order valence-corrected chi connectivity index (χ3v) is 3.46. The molecule has 0 amide bonds. The van der Waals surface area contributed by atoms with Gasteiger partial charge in [-0.15, -0.1) is 0 Å². The molecule has 0 spiro atoms. The van der Waals surface area contributed by atoms with Gasteiger partial charge in [-0.3, -0.25) is 0 Å². The Bertz CT molecular complexity index is 364. The number of halogens is 1. The van der Waals surface area contributed by atoms with Crippen LogP contribution in [0.5, 0.6) is 0 Å². The van der Waals surface area contributed by atoms with Gasteiger partial charge in [0.1, 0.15) is 0 Å². The molecule has 0 aliphatic heterocycles. The van der Waals surface area contributed by atoms with Crippen LogP contribution in [0.25, 0.3) is 0 Å². The molecule has 2 nitrogen and oxygen atoms in total. The number of benzene rings is 1. The number of hydrogen-bond donors (Lipinski definition) is 1. The number of unbranched alkanes of at least 4 members (excludes halogenated alkanes) is 1. The average Bonchev–Trinajstić information content (AvgIpc) is 2.33. The Kier molecular flexibility index (Phi) is 6.51. The highest BCUT2D eigenvalue weighted by molar-refractivity contribution is 6.31. The lowest BCUT2D eigenvalue weighted by atomic mass is 10.1. The van der Waals surface area contributed by atoms with Crippen molar-refractivity contribution in [3.63, 3.8) is 0 Å². The molecule has 1 unspecified atom stereocenters. The maximum absolute atomic E-state index is 6.33. The number of rotatable bonds is 7. The minimum absolute atomic E-state index is 0.149. The van der Waals surface area contributed by atoms with Crippen molar-refractivity contribution < 1.29 is 0 Å². The van der Waals surface area contributed by atoms with Gasteiger partial charge >= 0.3 is 0 Å². The first-order valence-electron chi connectivity index (χ1n) is 6.87. The number of nitrogens with two attached hydrogens (primary N) is 1. The summed E-state index contributed by atoms with van der Waals surface area (Å²) < 4.78 is 0. The summed E-state index contributed by atoms with van der Waals surface area (Å²) in [5.74, 6) is 0. The summed E-state index contributed by atoms with van der Waals surface area (Å²) >= 11 is 6.33. The van der Waals surface area contributed by atoms with E-state index in [9.17, 15) is 0 Å². The van der Waals surface area contributed by atoms with E-state index in [-0.39, 0.29) is 6.04 Å². The van der Waals surface area contributed by atoms with Crippen molar-refractivity contribution in [1.82, 2.24) is 0 Å². The minimum Gasteiger partial charge on any atom is -0.372 e. The largest absolute Gasteiger partial charge is 0.372 e. The van der Waals surface area contributed by atoms with E-state index in [4.69, 9.17) is 17.3 Å². The molecule has 1 aromatic carbocycles. The monoisotopic (exact) mass is 268 g/mol. The van der Waals surface area contributed by atoms with Gasteiger partial charge in [-0.1, -0.05) is 31.0 Å². The molecule has 0 heterocycles. The van der Waals surface area contributed by atoms with Crippen LogP contribution >= 0.6 is 11.6 Å². The zero-order chi connectivity index (χ0) is 13.5. The van der Waals surface area contributed by atoms with Crippen molar-refractivity contribution in [3.05, 3.63) is 28.8 Å². The van der Waals surface area contributed by atoms with E-state index in [0.29, 0.717) is 0 Å². The second-order valence-electron chi connectivity index (χ2n) is 4.89. The van der Waals surface area contributed by atoms with E-state index >= 15 is 0 Å². The lowest BCUT2D eigenvalue weighted by Gasteiger charge is -2.23. The maximum atomic E-state index is 6.33. The molecule has 3 heteroatoms. The van der Waals surface area contributed by atoms with Gasteiger partial charge in [-0.2, -0.15) is 0 Å². The van der Waals surface area contributed by atoms with Gasteiger partial charge in [0.2, 0.25) is 0 Å². The second kappa shape index (κ2) is 7.65. The minimum atomic E-state index is 0.149. The topological polar surface area (TPSA) is 29.3 Å². The molecule has 1 aromatic rings. The summed E-state index contributed by atoms with van der Waals surface area (Å²) in [6.07, 6.45) is 3.26. The van der Waals surface area contributed by atoms with E-state index in [1.165, 1.54) is 18.5 Å². The first-order chi connectivity index (χ1) is 8.58. The summed E-state index contributed by atoms with van der Waals surface area (Å²) in [5.41, 5.74) is 8.17. The van der Waals surface area contributed by atoms with Crippen LogP contribution in [0.1, 0.15) is 39.2 Å². The molecule has 0 fully saturated rings. The van der Waals surface area contributed by atoms with Crippen LogP contribution in [0.4, 0.5) is 5.69 Å². The molecule has 0 aliphatic carbocycles. The summed E-state index contributed by atoms with van der Waals surface area (Å²) in [4.78, 5) is 2.37. The van der Waals surface area contributed by atoms with Gasteiger partial charge in [-0.05, 0) is 44.4 Å². The van der Waals surface area contributed by atoms with Crippen LogP contribution in [0.3, 0.4) is 0 Å². The van der Waals surface area contributed by atoms with Crippen LogP contribution in [-0.4, -0.2) is 19.1 Å². The van der Waals surface area contributed by atoms with Crippen LogP contribution in [-0.2, 0) is 6.42 Å². The standard InChI is InChI=1S/C15H25ClN2/c1-4-6-9-18(5-2)14-8-7-13(10-12(3)17)15(16)11-14/h7-8,11-12H,4-6,9-10,17H2,1-3H3. The van der Waals surface area contributed by atoms with Crippen LogP contribution in [0.2, 0.25) is 5.02 Å². The van der Waals surface area contributed by atoms with Crippen molar-refractivity contribution in [2.75, 3.05) is 18.0 Å². The van der Waals surface area contributed by atoms with Gasteiger partial charge in [0.05, 0.1) is 0 Å². The van der Waals surface area contributed by atoms with Gasteiger partial charge in [0.25, 0.3) is 0 Å². The molecular formula is C15H25ClN2. The van der Waals surface area contributed by atoms with Crippen LogP contribution in [0, 0.1) is 0 Å². The summed E-state index contributed by atoms with van der Waals surface area (Å²) in [6.45, 7) is 8.51. The fourth-order valence-corrected chi connectivity index (χ4v) is 2.32. The van der Waals surface area contributed by atoms with E-state index < -0.39 is 0 Å². The Morgan fingerprint density at radius 2 is 2.06 bits per heavy atom. The average molecular weight is 269 g/mol. The lowest BCUT2D eigenvalue weighted by Crippen LogP contribution is -2.24. The van der Waals surface area contributed by atoms with Crippen molar-refractivity contribution in [2.24, 2.45) is 5.73 Å². The Hall–Kier alpha value is -0.730. The lowest BCUT2D eigenvalue weighted by molar-refractivity contribution is 0.728. The third kappa shape index (κ3) is 4.51. The van der Waals surface area contributed by atoms with E-state index in [0.717, 1.165) is 30.1 Å². The van der Waals surface area contributed by atoms with Gasteiger partial charge in [0.15, 0.2) is 0 Å². The predicted molar refractivity (Wildman–Crippen MR) is 81.6 cm³/mol. The molecule has 0 aliphatic rings. The van der Waals surface area contributed by atoms with E-state index in [2.05, 4.69) is 36.9 Å². The van der Waals surface area contributed by atoms with Gasteiger partial charge in [0, 0.05) is 29.8 Å². The highest BCUT2D eigenvalue weighted by Gasteiger charge is 2.08. The molecule has 0 radical (unpaired) electrons. The summed E-state index contributed by atoms with van der Waals surface area (Å²) in [6, 6.07) is 6.48. The summed E-state index contributed by atoms with van der Waals surface area (Å²) in [5, 5.41) is 0.833. The predicted octanol–water partition coefficient (Wildman–Crippen LogP) is 3.86. The highest BCUT2D eigenvalue weighted by Crippen LogP contribution is 2.24. The zero-order valence-corrected chi connectivity index (χ0v) is 12.5. The van der Waals surface area contributed by atoms with Crippen molar-refractivity contribution >= 4 is 17.3 Å². The molecule has 0 bridgehead atoms. The Morgan fingerprint density at radius 3 is 2.56 bits per heavy atom. The molecule has 102 valence electrons. The smallest absolute Gasteiger partial charge is 0.0459 e. The second-order valence-corrected chi connectivity index (χ2v) is 5.30. The molecule has 0 saturated carbocycles. The van der Waals surface area contributed by atoms with Gasteiger partial charge in [-0.25, -0.2) is 0 Å². The van der Waals surface area contributed by atoms with Crippen molar-refractivity contribution in [1.29, 1.82) is 0 Å². The molecule has 1 atom stereocenters. The normalized spacial score (nSPS) is 12.5. The van der Waals surface area contributed by atoms with Crippen LogP contribution in [0.15, 0.2) is 18.2 Å². The fourth-order valence-electron chi connectivity index (χ4n) is 2.06.